The summed E-state index contributed by atoms with van der Waals surface area (Å²) in [6.07, 6.45) is 2.47. The van der Waals surface area contributed by atoms with E-state index in [0.29, 0.717) is 29.8 Å². The van der Waals surface area contributed by atoms with E-state index in [1.54, 1.807) is 37.5 Å². The topological polar surface area (TPSA) is 58.5 Å². The van der Waals surface area contributed by atoms with E-state index in [2.05, 4.69) is 25.3 Å². The fourth-order valence-corrected chi connectivity index (χ4v) is 2.25. The van der Waals surface area contributed by atoms with Crippen molar-refractivity contribution in [2.45, 2.75) is 19.6 Å². The Morgan fingerprint density at radius 1 is 1.23 bits per heavy atom. The molecule has 2 N–H and O–H groups in total. The largest absolute Gasteiger partial charge is 0.434 e. The van der Waals surface area contributed by atoms with Crippen LogP contribution >= 0.6 is 35.6 Å². The van der Waals surface area contributed by atoms with Crippen molar-refractivity contribution in [3.8, 4) is 5.75 Å². The van der Waals surface area contributed by atoms with Gasteiger partial charge in [0.2, 0.25) is 0 Å². The number of nitrogens with one attached hydrogen (secondary N) is 2. The zero-order valence-corrected chi connectivity index (χ0v) is 17.2. The van der Waals surface area contributed by atoms with Crippen LogP contribution in [0.15, 0.2) is 47.6 Å². The second kappa shape index (κ2) is 11.8. The Kier molecular flexibility index (Phi) is 10.2. The van der Waals surface area contributed by atoms with Gasteiger partial charge in [0, 0.05) is 31.9 Å². The molecule has 0 atom stereocenters. The second-order valence-corrected chi connectivity index (χ2v) is 5.47. The van der Waals surface area contributed by atoms with Gasteiger partial charge in [0.15, 0.2) is 5.96 Å². The number of rotatable bonds is 7. The molecule has 0 unspecified atom stereocenters. The summed E-state index contributed by atoms with van der Waals surface area (Å²) >= 11 is 5.75. The molecule has 1 aromatic carbocycles. The van der Waals surface area contributed by atoms with Crippen molar-refractivity contribution >= 4 is 41.5 Å². The number of hydrogen-bond acceptors (Lipinski definition) is 3. The Morgan fingerprint density at radius 3 is 2.65 bits per heavy atom. The van der Waals surface area contributed by atoms with Gasteiger partial charge in [-0.15, -0.1) is 24.0 Å². The number of guanidine groups is 1. The molecule has 0 radical (unpaired) electrons. The number of pyridine rings is 1. The van der Waals surface area contributed by atoms with Crippen LogP contribution in [0.2, 0.25) is 5.15 Å². The molecule has 0 fully saturated rings. The molecule has 0 saturated heterocycles. The SMILES string of the molecule is CN=C(NCCc1ccc(Cl)nc1)NCc1ccccc1OC(F)F.I. The summed E-state index contributed by atoms with van der Waals surface area (Å²) in [7, 11) is 1.64. The lowest BCUT2D eigenvalue weighted by molar-refractivity contribution is -0.0504. The molecule has 5 nitrogen and oxygen atoms in total. The number of aromatic nitrogens is 1. The third-order valence-electron chi connectivity index (χ3n) is 3.35. The third kappa shape index (κ3) is 7.69. The monoisotopic (exact) mass is 496 g/mol. The quantitative estimate of drug-likeness (QED) is 0.265. The molecular formula is C17H20ClF2IN4O. The molecule has 142 valence electrons. The number of aliphatic imine (C=N–C) groups is 1. The molecule has 9 heteroatoms. The Balaban J connectivity index is 0.00000338. The number of ether oxygens (including phenoxy) is 1. The molecule has 2 aromatic rings. The van der Waals surface area contributed by atoms with Gasteiger partial charge in [-0.25, -0.2) is 4.98 Å². The number of para-hydroxylation sites is 1. The summed E-state index contributed by atoms with van der Waals surface area (Å²) in [5.41, 5.74) is 1.66. The highest BCUT2D eigenvalue weighted by Crippen LogP contribution is 2.19. The van der Waals surface area contributed by atoms with Crippen LogP contribution in [0.3, 0.4) is 0 Å². The average Bonchev–Trinajstić information content (AvgIpc) is 2.60. The van der Waals surface area contributed by atoms with E-state index in [1.165, 1.54) is 6.07 Å². The minimum absolute atomic E-state index is 0. The predicted molar refractivity (Wildman–Crippen MR) is 110 cm³/mol. The van der Waals surface area contributed by atoms with E-state index in [0.717, 1.165) is 12.0 Å². The van der Waals surface area contributed by atoms with Crippen LogP contribution in [0, 0.1) is 0 Å². The first-order valence-corrected chi connectivity index (χ1v) is 8.04. The molecule has 0 aliphatic carbocycles. The van der Waals surface area contributed by atoms with Crippen molar-refractivity contribution in [2.75, 3.05) is 13.6 Å². The molecule has 0 bridgehead atoms. The van der Waals surface area contributed by atoms with E-state index in [9.17, 15) is 8.78 Å². The Morgan fingerprint density at radius 2 is 2.00 bits per heavy atom. The molecule has 0 aliphatic heterocycles. The van der Waals surface area contributed by atoms with Gasteiger partial charge in [-0.1, -0.05) is 35.9 Å². The van der Waals surface area contributed by atoms with Crippen molar-refractivity contribution in [3.63, 3.8) is 0 Å². The number of hydrogen-bond donors (Lipinski definition) is 2. The first-order chi connectivity index (χ1) is 12.1. The fourth-order valence-electron chi connectivity index (χ4n) is 2.14. The maximum Gasteiger partial charge on any atom is 0.387 e. The smallest absolute Gasteiger partial charge is 0.387 e. The number of benzene rings is 1. The summed E-state index contributed by atoms with van der Waals surface area (Å²) in [5.74, 6) is 0.710. The zero-order chi connectivity index (χ0) is 18.1. The lowest BCUT2D eigenvalue weighted by Gasteiger charge is -2.14. The first kappa shape index (κ1) is 22.4. The number of nitrogens with zero attached hydrogens (tertiary/aromatic N) is 2. The van der Waals surface area contributed by atoms with Crippen molar-refractivity contribution < 1.29 is 13.5 Å². The van der Waals surface area contributed by atoms with E-state index in [1.807, 2.05) is 6.07 Å². The molecular weight excluding hydrogens is 477 g/mol. The van der Waals surface area contributed by atoms with Crippen molar-refractivity contribution in [1.82, 2.24) is 15.6 Å². The molecule has 0 amide bonds. The Bertz CT molecular complexity index is 701. The lowest BCUT2D eigenvalue weighted by Crippen LogP contribution is -2.38. The Hall–Kier alpha value is -1.68. The van der Waals surface area contributed by atoms with Crippen LogP contribution in [0.5, 0.6) is 5.75 Å². The Labute approximate surface area is 173 Å². The first-order valence-electron chi connectivity index (χ1n) is 7.66. The highest BCUT2D eigenvalue weighted by molar-refractivity contribution is 14.0. The zero-order valence-electron chi connectivity index (χ0n) is 14.1. The normalized spacial score (nSPS) is 11.0. The maximum atomic E-state index is 12.4. The van der Waals surface area contributed by atoms with E-state index in [4.69, 9.17) is 11.6 Å². The fraction of sp³-hybridized carbons (Fsp3) is 0.294. The number of halogens is 4. The second-order valence-electron chi connectivity index (χ2n) is 5.08. The standard InChI is InChI=1S/C17H19ClF2N4O.HI/c1-21-17(22-9-8-12-6-7-15(18)23-10-12)24-11-13-4-2-3-5-14(13)25-16(19)20;/h2-7,10,16H,8-9,11H2,1H3,(H2,21,22,24);1H. The number of alkyl halides is 2. The summed E-state index contributed by atoms with van der Waals surface area (Å²) in [5, 5.41) is 6.68. The summed E-state index contributed by atoms with van der Waals surface area (Å²) < 4.78 is 29.4. The predicted octanol–water partition coefficient (Wildman–Crippen LogP) is 3.86. The molecule has 1 heterocycles. The lowest BCUT2D eigenvalue weighted by atomic mass is 10.2. The van der Waals surface area contributed by atoms with Crippen LogP contribution in [-0.2, 0) is 13.0 Å². The summed E-state index contributed by atoms with van der Waals surface area (Å²) in [4.78, 5) is 8.13. The van der Waals surface area contributed by atoms with Gasteiger partial charge in [0.05, 0.1) is 0 Å². The molecule has 0 aliphatic rings. The van der Waals surface area contributed by atoms with Crippen molar-refractivity contribution in [2.24, 2.45) is 4.99 Å². The summed E-state index contributed by atoms with van der Waals surface area (Å²) in [6.45, 7) is -1.91. The minimum atomic E-state index is -2.86. The van der Waals surface area contributed by atoms with Gasteiger partial charge in [-0.3, -0.25) is 4.99 Å². The van der Waals surface area contributed by atoms with E-state index < -0.39 is 6.61 Å². The van der Waals surface area contributed by atoms with Gasteiger partial charge in [-0.05, 0) is 24.1 Å². The third-order valence-corrected chi connectivity index (χ3v) is 3.58. The average molecular weight is 497 g/mol. The van der Waals surface area contributed by atoms with Crippen LogP contribution in [-0.4, -0.2) is 31.1 Å². The van der Waals surface area contributed by atoms with Crippen LogP contribution in [0.4, 0.5) is 8.78 Å². The molecule has 26 heavy (non-hydrogen) atoms. The van der Waals surface area contributed by atoms with Gasteiger partial charge >= 0.3 is 6.61 Å². The van der Waals surface area contributed by atoms with Gasteiger partial charge in [-0.2, -0.15) is 8.78 Å². The van der Waals surface area contributed by atoms with Gasteiger partial charge in [0.1, 0.15) is 10.9 Å². The van der Waals surface area contributed by atoms with E-state index in [-0.39, 0.29) is 29.7 Å². The summed E-state index contributed by atoms with van der Waals surface area (Å²) in [6, 6.07) is 10.3. The minimum Gasteiger partial charge on any atom is -0.434 e. The van der Waals surface area contributed by atoms with Crippen molar-refractivity contribution in [3.05, 3.63) is 58.9 Å². The molecule has 0 spiro atoms. The highest BCUT2D eigenvalue weighted by atomic mass is 127. The van der Waals surface area contributed by atoms with E-state index >= 15 is 0 Å². The van der Waals surface area contributed by atoms with Crippen molar-refractivity contribution in [1.29, 1.82) is 0 Å². The highest BCUT2D eigenvalue weighted by Gasteiger charge is 2.09. The maximum absolute atomic E-state index is 12.4. The van der Waals surface area contributed by atoms with Gasteiger partial charge < -0.3 is 15.4 Å². The van der Waals surface area contributed by atoms with Crippen LogP contribution in [0.1, 0.15) is 11.1 Å². The van der Waals surface area contributed by atoms with Crippen LogP contribution in [0.25, 0.3) is 0 Å². The molecule has 0 saturated carbocycles. The van der Waals surface area contributed by atoms with Crippen LogP contribution < -0.4 is 15.4 Å². The van der Waals surface area contributed by atoms with Gasteiger partial charge in [0.25, 0.3) is 0 Å². The molecule has 2 rings (SSSR count). The molecule has 1 aromatic heterocycles.